The Morgan fingerprint density at radius 1 is 1.00 bits per heavy atom. The summed E-state index contributed by atoms with van der Waals surface area (Å²) >= 11 is 1.10. The molecule has 6 nitrogen and oxygen atoms in total. The average molecular weight is 413 g/mol. The maximum absolute atomic E-state index is 14.3. The Kier molecular flexibility index (Phi) is 4.81. The first-order valence-electron chi connectivity index (χ1n) is 8.49. The lowest BCUT2D eigenvalue weighted by atomic mass is 10.3. The minimum atomic E-state index is -0.833. The minimum Gasteiger partial charge on any atom is -0.325 e. The fourth-order valence-corrected chi connectivity index (χ4v) is 3.79. The molecule has 2 aromatic heterocycles. The van der Waals surface area contributed by atoms with E-state index < -0.39 is 35.3 Å². The first-order valence-corrected chi connectivity index (χ1v) is 9.37. The molecule has 0 unspecified atom stereocenters. The number of amides is 1. The third kappa shape index (κ3) is 3.47. The first-order chi connectivity index (χ1) is 14.0. The van der Waals surface area contributed by atoms with Crippen molar-refractivity contribution in [2.75, 3.05) is 5.32 Å². The standard InChI is InChI=1S/C20H13F2N3O3S/c21-12-5-7-13(8-6-12)23-17(26)11-24-16-9-10-29-18(16)19(27)25(20(24)28)15-4-2-1-3-14(15)22/h1-10H,11H2,(H,23,26). The van der Waals surface area contributed by atoms with Crippen LogP contribution in [-0.4, -0.2) is 15.0 Å². The van der Waals surface area contributed by atoms with E-state index in [-0.39, 0.29) is 15.9 Å². The molecule has 0 saturated carbocycles. The molecule has 0 saturated heterocycles. The zero-order chi connectivity index (χ0) is 20.5. The molecule has 0 aliphatic heterocycles. The number of anilines is 1. The molecule has 0 spiro atoms. The van der Waals surface area contributed by atoms with Gasteiger partial charge in [-0.2, -0.15) is 0 Å². The largest absolute Gasteiger partial charge is 0.336 e. The van der Waals surface area contributed by atoms with E-state index in [1.807, 2.05) is 0 Å². The van der Waals surface area contributed by atoms with Gasteiger partial charge in [0.15, 0.2) is 0 Å². The lowest BCUT2D eigenvalue weighted by Crippen LogP contribution is -2.40. The predicted octanol–water partition coefficient (Wildman–Crippen LogP) is 3.13. The van der Waals surface area contributed by atoms with E-state index >= 15 is 0 Å². The van der Waals surface area contributed by atoms with Crippen LogP contribution in [0.4, 0.5) is 14.5 Å². The van der Waals surface area contributed by atoms with E-state index in [1.54, 1.807) is 11.4 Å². The number of hydrogen-bond acceptors (Lipinski definition) is 4. The highest BCUT2D eigenvalue weighted by atomic mass is 32.1. The van der Waals surface area contributed by atoms with Gasteiger partial charge in [0.25, 0.3) is 5.56 Å². The number of aromatic nitrogens is 2. The van der Waals surface area contributed by atoms with Gasteiger partial charge < -0.3 is 5.32 Å². The molecule has 146 valence electrons. The number of halogens is 2. The molecular formula is C20H13F2N3O3S. The normalized spacial score (nSPS) is 11.0. The van der Waals surface area contributed by atoms with E-state index in [0.29, 0.717) is 5.69 Å². The summed E-state index contributed by atoms with van der Waals surface area (Å²) in [5.74, 6) is -1.73. The van der Waals surface area contributed by atoms with Gasteiger partial charge in [0.1, 0.15) is 22.9 Å². The van der Waals surface area contributed by atoms with Gasteiger partial charge in [-0.05, 0) is 47.8 Å². The summed E-state index contributed by atoms with van der Waals surface area (Å²) in [4.78, 5) is 38.3. The van der Waals surface area contributed by atoms with Crippen LogP contribution in [0.5, 0.6) is 0 Å². The number of nitrogens with one attached hydrogen (secondary N) is 1. The average Bonchev–Trinajstić information content (AvgIpc) is 3.19. The van der Waals surface area contributed by atoms with Crippen molar-refractivity contribution >= 4 is 33.1 Å². The van der Waals surface area contributed by atoms with Crippen LogP contribution < -0.4 is 16.6 Å². The van der Waals surface area contributed by atoms with E-state index in [0.717, 1.165) is 26.5 Å². The molecule has 4 aromatic rings. The fraction of sp³-hybridized carbons (Fsp3) is 0.0500. The molecule has 1 N–H and O–H groups in total. The number of carbonyl (C=O) groups is 1. The van der Waals surface area contributed by atoms with Crippen LogP contribution in [-0.2, 0) is 11.3 Å². The monoisotopic (exact) mass is 413 g/mol. The van der Waals surface area contributed by atoms with Crippen LogP contribution in [0.3, 0.4) is 0 Å². The summed E-state index contributed by atoms with van der Waals surface area (Å²) in [7, 11) is 0. The van der Waals surface area contributed by atoms with Crippen LogP contribution in [0.2, 0.25) is 0 Å². The second-order valence-corrected chi connectivity index (χ2v) is 7.07. The number of nitrogens with zero attached hydrogens (tertiary/aromatic N) is 2. The van der Waals surface area contributed by atoms with Crippen LogP contribution in [0.25, 0.3) is 15.9 Å². The van der Waals surface area contributed by atoms with Crippen molar-refractivity contribution in [2.24, 2.45) is 0 Å². The Hall–Kier alpha value is -3.59. The second-order valence-electron chi connectivity index (χ2n) is 6.15. The van der Waals surface area contributed by atoms with Gasteiger partial charge in [-0.15, -0.1) is 11.3 Å². The van der Waals surface area contributed by atoms with Crippen molar-refractivity contribution in [2.45, 2.75) is 6.54 Å². The number of fused-ring (bicyclic) bond motifs is 1. The van der Waals surface area contributed by atoms with Gasteiger partial charge in [-0.3, -0.25) is 14.2 Å². The van der Waals surface area contributed by atoms with Crippen LogP contribution >= 0.6 is 11.3 Å². The highest BCUT2D eigenvalue weighted by Crippen LogP contribution is 2.17. The molecular weight excluding hydrogens is 400 g/mol. The quantitative estimate of drug-likeness (QED) is 0.559. The highest BCUT2D eigenvalue weighted by Gasteiger charge is 2.19. The number of carbonyl (C=O) groups excluding carboxylic acids is 1. The van der Waals surface area contributed by atoms with Gasteiger partial charge in [0.2, 0.25) is 5.91 Å². The van der Waals surface area contributed by atoms with Crippen molar-refractivity contribution in [3.8, 4) is 5.69 Å². The first kappa shape index (κ1) is 18.8. The Labute approximate surface area is 166 Å². The van der Waals surface area contributed by atoms with Gasteiger partial charge in [-0.25, -0.2) is 18.1 Å². The topological polar surface area (TPSA) is 73.1 Å². The zero-order valence-electron chi connectivity index (χ0n) is 14.8. The molecule has 0 atom stereocenters. The molecule has 0 aliphatic rings. The van der Waals surface area contributed by atoms with Crippen molar-refractivity contribution in [1.29, 1.82) is 0 Å². The number of rotatable bonds is 4. The van der Waals surface area contributed by atoms with E-state index in [1.165, 1.54) is 42.5 Å². The fourth-order valence-electron chi connectivity index (χ4n) is 2.96. The Morgan fingerprint density at radius 2 is 1.72 bits per heavy atom. The minimum absolute atomic E-state index is 0.189. The van der Waals surface area contributed by atoms with Gasteiger partial charge in [-0.1, -0.05) is 12.1 Å². The van der Waals surface area contributed by atoms with Crippen LogP contribution in [0, 0.1) is 11.6 Å². The second kappa shape index (κ2) is 7.44. The summed E-state index contributed by atoms with van der Waals surface area (Å²) in [6.07, 6.45) is 0. The maximum Gasteiger partial charge on any atom is 0.336 e. The highest BCUT2D eigenvalue weighted by molar-refractivity contribution is 7.17. The van der Waals surface area contributed by atoms with Crippen molar-refractivity contribution in [3.63, 3.8) is 0 Å². The SMILES string of the molecule is O=C(Cn1c(=O)n(-c2ccccc2F)c(=O)c2sccc21)Nc1ccc(F)cc1. The molecule has 1 amide bonds. The molecule has 29 heavy (non-hydrogen) atoms. The van der Waals surface area contributed by atoms with Crippen molar-refractivity contribution in [3.05, 3.63) is 92.4 Å². The molecule has 2 aromatic carbocycles. The lowest BCUT2D eigenvalue weighted by molar-refractivity contribution is -0.116. The van der Waals surface area contributed by atoms with Gasteiger partial charge >= 0.3 is 5.69 Å². The summed E-state index contributed by atoms with van der Waals surface area (Å²) in [6, 6.07) is 12.1. The third-order valence-electron chi connectivity index (χ3n) is 4.28. The number of benzene rings is 2. The maximum atomic E-state index is 14.3. The molecule has 9 heteroatoms. The zero-order valence-corrected chi connectivity index (χ0v) is 15.6. The molecule has 2 heterocycles. The third-order valence-corrected chi connectivity index (χ3v) is 5.17. The number of hydrogen-bond donors (Lipinski definition) is 1. The van der Waals surface area contributed by atoms with E-state index in [4.69, 9.17) is 0 Å². The number of thiophene rings is 1. The summed E-state index contributed by atoms with van der Waals surface area (Å²) in [5, 5.41) is 4.18. The summed E-state index contributed by atoms with van der Waals surface area (Å²) in [5.41, 5.74) is -1.04. The predicted molar refractivity (Wildman–Crippen MR) is 107 cm³/mol. The van der Waals surface area contributed by atoms with Crippen molar-refractivity contribution in [1.82, 2.24) is 9.13 Å². The lowest BCUT2D eigenvalue weighted by Gasteiger charge is -2.13. The molecule has 0 aliphatic carbocycles. The van der Waals surface area contributed by atoms with Gasteiger partial charge in [0, 0.05) is 5.69 Å². The smallest absolute Gasteiger partial charge is 0.325 e. The van der Waals surface area contributed by atoms with E-state index in [9.17, 15) is 23.2 Å². The Morgan fingerprint density at radius 3 is 2.45 bits per heavy atom. The Balaban J connectivity index is 1.80. The van der Waals surface area contributed by atoms with Crippen molar-refractivity contribution < 1.29 is 13.6 Å². The summed E-state index contributed by atoms with van der Waals surface area (Å²) < 4.78 is 29.3. The Bertz CT molecular complexity index is 1340. The van der Waals surface area contributed by atoms with Gasteiger partial charge in [0.05, 0.1) is 11.2 Å². The van der Waals surface area contributed by atoms with Crippen LogP contribution in [0.1, 0.15) is 0 Å². The summed E-state index contributed by atoms with van der Waals surface area (Å²) in [6.45, 7) is -0.405. The number of para-hydroxylation sites is 1. The van der Waals surface area contributed by atoms with Crippen LogP contribution in [0.15, 0.2) is 69.6 Å². The molecule has 0 fully saturated rings. The molecule has 4 rings (SSSR count). The molecule has 0 bridgehead atoms. The molecule has 0 radical (unpaired) electrons. The van der Waals surface area contributed by atoms with E-state index in [2.05, 4.69) is 5.32 Å².